The summed E-state index contributed by atoms with van der Waals surface area (Å²) < 4.78 is 0.951. The lowest BCUT2D eigenvalue weighted by molar-refractivity contribution is 0.0728. The molecule has 0 unspecified atom stereocenters. The summed E-state index contributed by atoms with van der Waals surface area (Å²) in [6, 6.07) is 14.1. The van der Waals surface area contributed by atoms with Crippen molar-refractivity contribution in [1.29, 1.82) is 5.26 Å². The van der Waals surface area contributed by atoms with Crippen molar-refractivity contribution in [3.8, 4) is 17.2 Å². The molecule has 0 N–H and O–H groups in total. The molecule has 2 aromatic carbocycles. The van der Waals surface area contributed by atoms with Gasteiger partial charge in [-0.1, -0.05) is 24.3 Å². The minimum Gasteiger partial charge on any atom is -0.338 e. The fourth-order valence-corrected chi connectivity index (χ4v) is 5.74. The van der Waals surface area contributed by atoms with Crippen molar-refractivity contribution >= 4 is 33.2 Å². The highest BCUT2D eigenvalue weighted by Gasteiger charge is 2.27. The second-order valence-electron chi connectivity index (χ2n) is 7.99. The van der Waals surface area contributed by atoms with Crippen LogP contribution in [0.25, 0.3) is 21.2 Å². The van der Waals surface area contributed by atoms with Crippen LogP contribution in [0.2, 0.25) is 0 Å². The van der Waals surface area contributed by atoms with Crippen LogP contribution in [0, 0.1) is 11.3 Å². The first-order chi connectivity index (χ1) is 14.6. The van der Waals surface area contributed by atoms with Gasteiger partial charge in [0.05, 0.1) is 5.56 Å². The molecule has 0 radical (unpaired) electrons. The third-order valence-electron chi connectivity index (χ3n) is 6.07. The Balaban J connectivity index is 1.62. The van der Waals surface area contributed by atoms with Gasteiger partial charge in [0.15, 0.2) is 0 Å². The van der Waals surface area contributed by atoms with Crippen LogP contribution in [0.5, 0.6) is 0 Å². The molecule has 5 nitrogen and oxygen atoms in total. The summed E-state index contributed by atoms with van der Waals surface area (Å²) in [5.41, 5.74) is 4.24. The molecule has 2 aliphatic heterocycles. The number of thiophene rings is 1. The zero-order valence-electron chi connectivity index (χ0n) is 16.8. The van der Waals surface area contributed by atoms with Crippen molar-refractivity contribution in [3.05, 3.63) is 58.0 Å². The second-order valence-corrected chi connectivity index (χ2v) is 9.01. The Morgan fingerprint density at radius 3 is 2.67 bits per heavy atom. The van der Waals surface area contributed by atoms with Crippen molar-refractivity contribution in [1.82, 2.24) is 9.80 Å². The Morgan fingerprint density at radius 1 is 1.10 bits per heavy atom. The first kappa shape index (κ1) is 18.8. The number of rotatable bonds is 2. The first-order valence-electron chi connectivity index (χ1n) is 10.2. The molecule has 0 bridgehead atoms. The van der Waals surface area contributed by atoms with Gasteiger partial charge in [-0.3, -0.25) is 9.59 Å². The third kappa shape index (κ3) is 2.89. The number of carbonyl (C=O) groups excluding carboxylic acids is 2. The molecule has 0 atom stereocenters. The Hall–Kier alpha value is -3.17. The summed E-state index contributed by atoms with van der Waals surface area (Å²) in [4.78, 5) is 29.5. The molecule has 3 heterocycles. The molecule has 1 saturated heterocycles. The van der Waals surface area contributed by atoms with Gasteiger partial charge < -0.3 is 9.80 Å². The van der Waals surface area contributed by atoms with Gasteiger partial charge in [0.2, 0.25) is 0 Å². The highest BCUT2D eigenvalue weighted by Crippen LogP contribution is 2.39. The van der Waals surface area contributed by atoms with Gasteiger partial charge >= 0.3 is 0 Å². The number of amides is 2. The van der Waals surface area contributed by atoms with E-state index < -0.39 is 0 Å². The van der Waals surface area contributed by atoms with Crippen molar-refractivity contribution in [2.24, 2.45) is 0 Å². The van der Waals surface area contributed by atoms with Crippen LogP contribution in [0.15, 0.2) is 36.4 Å². The summed E-state index contributed by atoms with van der Waals surface area (Å²) >= 11 is 1.42. The number of hydrogen-bond donors (Lipinski definition) is 0. The van der Waals surface area contributed by atoms with E-state index in [1.807, 2.05) is 35.2 Å². The maximum atomic E-state index is 13.2. The quantitative estimate of drug-likeness (QED) is 0.612. The lowest BCUT2D eigenvalue weighted by atomic mass is 9.98. The lowest BCUT2D eigenvalue weighted by Gasteiger charge is -2.26. The van der Waals surface area contributed by atoms with Crippen LogP contribution >= 0.6 is 11.3 Å². The molecule has 0 aliphatic carbocycles. The molecule has 3 aromatic rings. The molecular weight excluding hydrogens is 394 g/mol. The smallest absolute Gasteiger partial charge is 0.265 e. The Kier molecular flexibility index (Phi) is 4.56. The lowest BCUT2D eigenvalue weighted by Crippen LogP contribution is -2.35. The number of benzene rings is 2. The normalized spacial score (nSPS) is 16.1. The number of piperidine rings is 1. The highest BCUT2D eigenvalue weighted by atomic mass is 32.1. The van der Waals surface area contributed by atoms with Crippen molar-refractivity contribution in [2.75, 3.05) is 20.1 Å². The average Bonchev–Trinajstić information content (AvgIpc) is 3.30. The molecule has 0 spiro atoms. The van der Waals surface area contributed by atoms with Crippen LogP contribution in [0.4, 0.5) is 0 Å². The van der Waals surface area contributed by atoms with Crippen LogP contribution < -0.4 is 0 Å². The van der Waals surface area contributed by atoms with E-state index in [1.165, 1.54) is 11.3 Å². The number of carbonyl (C=O) groups is 2. The van der Waals surface area contributed by atoms with E-state index in [0.717, 1.165) is 64.7 Å². The number of nitrogens with zero attached hydrogens (tertiary/aromatic N) is 3. The molecule has 0 saturated carbocycles. The molecule has 6 heteroatoms. The zero-order chi connectivity index (χ0) is 20.8. The second kappa shape index (κ2) is 7.26. The van der Waals surface area contributed by atoms with Gasteiger partial charge in [-0.25, -0.2) is 0 Å². The van der Waals surface area contributed by atoms with E-state index in [9.17, 15) is 14.9 Å². The maximum absolute atomic E-state index is 13.2. The largest absolute Gasteiger partial charge is 0.338 e. The SMILES string of the molecule is CN1Cc2cc(-c3cccc4c(C#N)c(C(=O)N5CCCCC5)sc34)ccc2C1=O. The first-order valence-corrected chi connectivity index (χ1v) is 11.0. The van der Waals surface area contributed by atoms with Crippen LogP contribution in [-0.4, -0.2) is 41.8 Å². The van der Waals surface area contributed by atoms with E-state index in [0.29, 0.717) is 17.0 Å². The van der Waals surface area contributed by atoms with Crippen molar-refractivity contribution in [2.45, 2.75) is 25.8 Å². The van der Waals surface area contributed by atoms with Gasteiger partial charge in [0, 0.05) is 42.3 Å². The van der Waals surface area contributed by atoms with Crippen LogP contribution in [0.3, 0.4) is 0 Å². The maximum Gasteiger partial charge on any atom is 0.265 e. The molecule has 1 aromatic heterocycles. The molecule has 2 aliphatic rings. The average molecular weight is 416 g/mol. The number of fused-ring (bicyclic) bond motifs is 2. The summed E-state index contributed by atoms with van der Waals surface area (Å²) in [6.45, 7) is 2.12. The van der Waals surface area contributed by atoms with Gasteiger partial charge in [-0.05, 0) is 48.1 Å². The fraction of sp³-hybridized carbons (Fsp3) is 0.292. The molecule has 150 valence electrons. The standard InChI is InChI=1S/C24H21N3O2S/c1-26-14-16-12-15(8-9-18(16)23(26)28)17-6-5-7-19-20(13-25)22(30-21(17)19)24(29)27-10-3-2-4-11-27/h5-9,12H,2-4,10-11,14H2,1H3. The number of nitriles is 1. The van der Waals surface area contributed by atoms with Gasteiger partial charge in [0.25, 0.3) is 11.8 Å². The Bertz CT molecular complexity index is 1230. The summed E-state index contributed by atoms with van der Waals surface area (Å²) in [5.74, 6) is 0.0200. The van der Waals surface area contributed by atoms with Crippen LogP contribution in [0.1, 0.15) is 50.4 Å². The predicted octanol–water partition coefficient (Wildman–Crippen LogP) is 4.65. The van der Waals surface area contributed by atoms with Crippen molar-refractivity contribution < 1.29 is 9.59 Å². The van der Waals surface area contributed by atoms with Gasteiger partial charge in [0.1, 0.15) is 10.9 Å². The van der Waals surface area contributed by atoms with Crippen LogP contribution in [-0.2, 0) is 6.54 Å². The van der Waals surface area contributed by atoms with Gasteiger partial charge in [-0.2, -0.15) is 5.26 Å². The molecule has 5 rings (SSSR count). The fourth-order valence-electron chi connectivity index (χ4n) is 4.48. The third-order valence-corrected chi connectivity index (χ3v) is 7.29. The molecule has 1 fully saturated rings. The summed E-state index contributed by atoms with van der Waals surface area (Å²) in [5, 5.41) is 10.7. The predicted molar refractivity (Wildman–Crippen MR) is 118 cm³/mol. The molecular formula is C24H21N3O2S. The van der Waals surface area contributed by atoms with E-state index in [-0.39, 0.29) is 11.8 Å². The van der Waals surface area contributed by atoms with E-state index in [2.05, 4.69) is 12.1 Å². The molecule has 2 amide bonds. The van der Waals surface area contributed by atoms with Crippen molar-refractivity contribution in [3.63, 3.8) is 0 Å². The van der Waals surface area contributed by atoms with Gasteiger partial charge in [-0.15, -0.1) is 11.3 Å². The van der Waals surface area contributed by atoms with E-state index in [1.54, 1.807) is 11.9 Å². The minimum atomic E-state index is -0.0282. The monoisotopic (exact) mass is 415 g/mol. The topological polar surface area (TPSA) is 64.4 Å². The highest BCUT2D eigenvalue weighted by molar-refractivity contribution is 7.21. The zero-order valence-corrected chi connectivity index (χ0v) is 17.6. The van der Waals surface area contributed by atoms with E-state index in [4.69, 9.17) is 0 Å². The summed E-state index contributed by atoms with van der Waals surface area (Å²) in [7, 11) is 1.81. The minimum absolute atomic E-state index is 0.0282. The Labute approximate surface area is 179 Å². The summed E-state index contributed by atoms with van der Waals surface area (Å²) in [6.07, 6.45) is 3.19. The van der Waals surface area contributed by atoms with E-state index >= 15 is 0 Å². The number of hydrogen-bond acceptors (Lipinski definition) is 4. The molecule has 30 heavy (non-hydrogen) atoms. The Morgan fingerprint density at radius 2 is 1.90 bits per heavy atom. The number of likely N-dealkylation sites (tertiary alicyclic amines) is 1.